The molecule has 0 aromatic rings. The van der Waals surface area contributed by atoms with Gasteiger partial charge in [-0.05, 0) is 13.8 Å². The normalized spacial score (nSPS) is 9.31. The molecule has 0 N–H and O–H groups in total. The second-order valence-corrected chi connectivity index (χ2v) is 4.19. The number of nitrogens with zero attached hydrogens (tertiary/aromatic N) is 1. The van der Waals surface area contributed by atoms with Crippen molar-refractivity contribution in [2.24, 2.45) is 0 Å². The number of nitriles is 1. The Hall–Kier alpha value is -1.34. The van der Waals surface area contributed by atoms with Crippen LogP contribution in [0.5, 0.6) is 0 Å². The van der Waals surface area contributed by atoms with E-state index in [2.05, 4.69) is 12.3 Å². The fraction of sp³-hybridized carbons (Fsp3) is 0.333. The van der Waals surface area contributed by atoms with E-state index in [0.29, 0.717) is 6.23 Å². The summed E-state index contributed by atoms with van der Waals surface area (Å²) in [5.41, 5.74) is 3.20. The molecule has 0 aliphatic carbocycles. The van der Waals surface area contributed by atoms with Gasteiger partial charge in [0.25, 0.3) is 0 Å². The molecule has 0 rings (SSSR count). The van der Waals surface area contributed by atoms with Crippen LogP contribution in [0, 0.1) is 11.3 Å². The maximum absolute atomic E-state index is 10.9. The number of rotatable bonds is 4. The standard InChI is InChI=1S/C9H13NO2Si/c1-7(2)5-13-6-12-9(11)8(3)4-10/h5H,3,6,13H2,1-2H3. The molecule has 4 heteroatoms. The Morgan fingerprint density at radius 3 is 2.77 bits per heavy atom. The molecule has 0 fully saturated rings. The Morgan fingerprint density at radius 1 is 1.69 bits per heavy atom. The van der Waals surface area contributed by atoms with Gasteiger partial charge >= 0.3 is 5.97 Å². The Morgan fingerprint density at radius 2 is 2.31 bits per heavy atom. The zero-order valence-corrected chi connectivity index (χ0v) is 9.38. The summed E-state index contributed by atoms with van der Waals surface area (Å²) in [5.74, 6) is -0.600. The first-order valence-corrected chi connectivity index (χ1v) is 5.79. The largest absolute Gasteiger partial charge is 0.466 e. The molecule has 13 heavy (non-hydrogen) atoms. The van der Waals surface area contributed by atoms with Crippen molar-refractivity contribution in [1.29, 1.82) is 5.26 Å². The second kappa shape index (κ2) is 6.20. The molecule has 0 atom stereocenters. The molecule has 0 unspecified atom stereocenters. The van der Waals surface area contributed by atoms with E-state index in [1.165, 1.54) is 5.57 Å². The average molecular weight is 195 g/mol. The lowest BCUT2D eigenvalue weighted by Gasteiger charge is -1.99. The van der Waals surface area contributed by atoms with Crippen molar-refractivity contribution in [1.82, 2.24) is 0 Å². The molecule has 0 spiro atoms. The van der Waals surface area contributed by atoms with E-state index in [1.807, 2.05) is 13.8 Å². The van der Waals surface area contributed by atoms with Gasteiger partial charge in [-0.15, -0.1) is 0 Å². The Labute approximate surface area is 80.5 Å². The minimum absolute atomic E-state index is 0.133. The third-order valence-electron chi connectivity index (χ3n) is 1.28. The van der Waals surface area contributed by atoms with Crippen molar-refractivity contribution >= 4 is 15.5 Å². The summed E-state index contributed by atoms with van der Waals surface area (Å²) in [5, 5.41) is 8.30. The molecule has 0 aliphatic heterocycles. The quantitative estimate of drug-likeness (QED) is 0.218. The maximum atomic E-state index is 10.9. The van der Waals surface area contributed by atoms with Gasteiger partial charge < -0.3 is 4.74 Å². The Kier molecular flexibility index (Phi) is 5.56. The summed E-state index contributed by atoms with van der Waals surface area (Å²) in [4.78, 5) is 10.9. The fourth-order valence-electron chi connectivity index (χ4n) is 0.632. The molecule has 0 saturated heterocycles. The topological polar surface area (TPSA) is 50.1 Å². The summed E-state index contributed by atoms with van der Waals surface area (Å²) < 4.78 is 4.80. The highest BCUT2D eigenvalue weighted by atomic mass is 28.2. The first-order chi connectivity index (χ1) is 6.07. The number of hydrogen-bond donors (Lipinski definition) is 0. The fourth-order valence-corrected chi connectivity index (χ4v) is 1.63. The molecule has 0 radical (unpaired) electrons. The number of esters is 1. The van der Waals surface area contributed by atoms with Gasteiger partial charge in [0.05, 0.1) is 15.7 Å². The summed E-state index contributed by atoms with van der Waals surface area (Å²) in [7, 11) is -0.474. The zero-order valence-electron chi connectivity index (χ0n) is 7.96. The first kappa shape index (κ1) is 11.7. The van der Waals surface area contributed by atoms with Gasteiger partial charge in [-0.1, -0.05) is 17.9 Å². The molecule has 0 aromatic heterocycles. The van der Waals surface area contributed by atoms with Crippen LogP contribution in [0.4, 0.5) is 0 Å². The molecule has 70 valence electrons. The molecule has 0 bridgehead atoms. The van der Waals surface area contributed by atoms with E-state index in [-0.39, 0.29) is 5.57 Å². The van der Waals surface area contributed by atoms with Crippen molar-refractivity contribution in [2.45, 2.75) is 13.8 Å². The molecule has 0 saturated carbocycles. The van der Waals surface area contributed by atoms with Gasteiger partial charge in [0, 0.05) is 0 Å². The molecule has 3 nitrogen and oxygen atoms in total. The number of carbonyl (C=O) groups is 1. The molecule has 0 amide bonds. The van der Waals surface area contributed by atoms with E-state index in [4.69, 9.17) is 10.00 Å². The summed E-state index contributed by atoms with van der Waals surface area (Å²) in [6.07, 6.45) is 0.435. The van der Waals surface area contributed by atoms with E-state index < -0.39 is 15.5 Å². The predicted octanol–water partition coefficient (Wildman–Crippen LogP) is 0.659. The van der Waals surface area contributed by atoms with Crippen LogP contribution < -0.4 is 0 Å². The molecule has 0 aromatic carbocycles. The van der Waals surface area contributed by atoms with Crippen LogP contribution in [0.1, 0.15) is 13.8 Å². The number of carbonyl (C=O) groups excluding carboxylic acids is 1. The van der Waals surface area contributed by atoms with E-state index in [9.17, 15) is 4.79 Å². The van der Waals surface area contributed by atoms with E-state index in [1.54, 1.807) is 6.07 Å². The Bertz CT molecular complexity index is 272. The van der Waals surface area contributed by atoms with Crippen molar-refractivity contribution in [3.05, 3.63) is 23.4 Å². The van der Waals surface area contributed by atoms with Crippen molar-refractivity contribution in [2.75, 3.05) is 6.23 Å². The lowest BCUT2D eigenvalue weighted by atomic mass is 10.3. The second-order valence-electron chi connectivity index (χ2n) is 2.80. The highest BCUT2D eigenvalue weighted by molar-refractivity contribution is 6.42. The first-order valence-electron chi connectivity index (χ1n) is 3.97. The van der Waals surface area contributed by atoms with Gasteiger partial charge in [-0.25, -0.2) is 4.79 Å². The molecule has 0 heterocycles. The molecular formula is C9H13NO2Si. The molecule has 0 aliphatic rings. The van der Waals surface area contributed by atoms with Crippen molar-refractivity contribution in [3.8, 4) is 6.07 Å². The van der Waals surface area contributed by atoms with E-state index in [0.717, 1.165) is 0 Å². The molecular weight excluding hydrogens is 182 g/mol. The van der Waals surface area contributed by atoms with E-state index >= 15 is 0 Å². The lowest BCUT2D eigenvalue weighted by molar-refractivity contribution is -0.136. The summed E-state index contributed by atoms with van der Waals surface area (Å²) >= 11 is 0. The monoisotopic (exact) mass is 195 g/mol. The summed E-state index contributed by atoms with van der Waals surface area (Å²) in [6, 6.07) is 1.65. The van der Waals surface area contributed by atoms with Crippen LogP contribution in [0.25, 0.3) is 0 Å². The predicted molar refractivity (Wildman–Crippen MR) is 53.7 cm³/mol. The van der Waals surface area contributed by atoms with Crippen LogP contribution >= 0.6 is 0 Å². The third kappa shape index (κ3) is 5.88. The third-order valence-corrected chi connectivity index (χ3v) is 2.83. The van der Waals surface area contributed by atoms with Crippen LogP contribution in [-0.4, -0.2) is 21.7 Å². The van der Waals surface area contributed by atoms with Crippen LogP contribution in [0.2, 0.25) is 0 Å². The van der Waals surface area contributed by atoms with Gasteiger partial charge in [0.2, 0.25) is 0 Å². The number of ether oxygens (including phenoxy) is 1. The SMILES string of the molecule is C=C(C#N)C(=O)OC[SiH2]C=C(C)C. The van der Waals surface area contributed by atoms with Crippen molar-refractivity contribution in [3.63, 3.8) is 0 Å². The van der Waals surface area contributed by atoms with Gasteiger partial charge in [0.15, 0.2) is 0 Å². The van der Waals surface area contributed by atoms with Gasteiger partial charge in [-0.3, -0.25) is 0 Å². The zero-order chi connectivity index (χ0) is 10.3. The number of allylic oxidation sites excluding steroid dienone is 1. The average Bonchev–Trinajstić information content (AvgIpc) is 2.10. The number of hydrogen-bond acceptors (Lipinski definition) is 3. The van der Waals surface area contributed by atoms with Crippen LogP contribution in [-0.2, 0) is 9.53 Å². The van der Waals surface area contributed by atoms with Crippen LogP contribution in [0.15, 0.2) is 23.4 Å². The van der Waals surface area contributed by atoms with Crippen LogP contribution in [0.3, 0.4) is 0 Å². The lowest BCUT2D eigenvalue weighted by Crippen LogP contribution is -2.10. The van der Waals surface area contributed by atoms with Gasteiger partial charge in [-0.2, -0.15) is 5.26 Å². The van der Waals surface area contributed by atoms with Crippen molar-refractivity contribution < 1.29 is 9.53 Å². The van der Waals surface area contributed by atoms with Gasteiger partial charge in [0.1, 0.15) is 11.6 Å². The smallest absolute Gasteiger partial charge is 0.347 e. The highest BCUT2D eigenvalue weighted by Gasteiger charge is 2.05. The maximum Gasteiger partial charge on any atom is 0.347 e. The highest BCUT2D eigenvalue weighted by Crippen LogP contribution is 1.92. The minimum Gasteiger partial charge on any atom is -0.466 e. The Balaban J connectivity index is 3.68. The summed E-state index contributed by atoms with van der Waals surface area (Å²) in [6.45, 7) is 7.26. The minimum atomic E-state index is -0.600.